The first kappa shape index (κ1) is 11.0. The van der Waals surface area contributed by atoms with Gasteiger partial charge in [-0.2, -0.15) is 0 Å². The molecule has 0 atom stereocenters. The molecule has 5 heteroatoms. The van der Waals surface area contributed by atoms with Crippen LogP contribution in [0.5, 0.6) is 0 Å². The van der Waals surface area contributed by atoms with Crippen LogP contribution in [0.1, 0.15) is 0 Å². The molecule has 1 aromatic rings. The van der Waals surface area contributed by atoms with E-state index in [-0.39, 0.29) is 0 Å². The van der Waals surface area contributed by atoms with Gasteiger partial charge >= 0.3 is 0 Å². The fourth-order valence-electron chi connectivity index (χ4n) is 0.776. The average molecular weight is 327 g/mol. The van der Waals surface area contributed by atoms with Crippen molar-refractivity contribution in [1.82, 2.24) is 5.32 Å². The van der Waals surface area contributed by atoms with Crippen LogP contribution >= 0.6 is 46.4 Å². The normalized spacial score (nSPS) is 9.46. The van der Waals surface area contributed by atoms with Gasteiger partial charge in [0.15, 0.2) is 5.11 Å². The van der Waals surface area contributed by atoms with Crippen molar-refractivity contribution in [2.45, 2.75) is 0 Å². The zero-order chi connectivity index (χ0) is 9.84. The standard InChI is InChI=1S/C8H8ClIN2S/c1-11-8(13)12-7-3-2-5(10)4-6(7)9/h2-4H,1H3,(H2,11,12,13). The Labute approximate surface area is 101 Å². The summed E-state index contributed by atoms with van der Waals surface area (Å²) in [6, 6.07) is 5.74. The minimum Gasteiger partial charge on any atom is -0.366 e. The third-order valence-electron chi connectivity index (χ3n) is 1.41. The maximum absolute atomic E-state index is 5.98. The third kappa shape index (κ3) is 3.28. The Balaban J connectivity index is 2.83. The minimum atomic E-state index is 0.558. The number of anilines is 1. The summed E-state index contributed by atoms with van der Waals surface area (Å²) in [5, 5.41) is 7.02. The first-order chi connectivity index (χ1) is 6.13. The van der Waals surface area contributed by atoms with Crippen LogP contribution in [-0.4, -0.2) is 12.2 Å². The van der Waals surface area contributed by atoms with Crippen molar-refractivity contribution in [3.63, 3.8) is 0 Å². The molecule has 2 N–H and O–H groups in total. The highest BCUT2D eigenvalue weighted by Crippen LogP contribution is 2.23. The lowest BCUT2D eigenvalue weighted by molar-refractivity contribution is 1.20. The summed E-state index contributed by atoms with van der Waals surface area (Å²) >= 11 is 13.1. The summed E-state index contributed by atoms with van der Waals surface area (Å²) in [7, 11) is 1.76. The number of thiocarbonyl (C=S) groups is 1. The molecule has 0 bridgehead atoms. The van der Waals surface area contributed by atoms with Gasteiger partial charge in [0.05, 0.1) is 10.7 Å². The Morgan fingerprint density at radius 2 is 2.23 bits per heavy atom. The summed E-state index contributed by atoms with van der Waals surface area (Å²) in [4.78, 5) is 0. The highest BCUT2D eigenvalue weighted by Gasteiger charge is 2.01. The number of benzene rings is 1. The first-order valence-electron chi connectivity index (χ1n) is 3.57. The summed E-state index contributed by atoms with van der Waals surface area (Å²) < 4.78 is 1.10. The van der Waals surface area contributed by atoms with Gasteiger partial charge in [-0.3, -0.25) is 0 Å². The molecule has 1 rings (SSSR count). The second-order valence-corrected chi connectivity index (χ2v) is 4.39. The van der Waals surface area contributed by atoms with Crippen LogP contribution in [0.4, 0.5) is 5.69 Å². The molecule has 2 nitrogen and oxygen atoms in total. The zero-order valence-corrected chi connectivity index (χ0v) is 10.6. The maximum Gasteiger partial charge on any atom is 0.170 e. The molecule has 0 heterocycles. The molecule has 0 amide bonds. The molecule has 13 heavy (non-hydrogen) atoms. The Kier molecular flexibility index (Phi) is 4.21. The molecule has 0 spiro atoms. The van der Waals surface area contributed by atoms with Crippen LogP contribution in [0, 0.1) is 3.57 Å². The van der Waals surface area contributed by atoms with E-state index < -0.39 is 0 Å². The summed E-state index contributed by atoms with van der Waals surface area (Å²) in [5.74, 6) is 0. The van der Waals surface area contributed by atoms with Crippen LogP contribution in [-0.2, 0) is 0 Å². The monoisotopic (exact) mass is 326 g/mol. The van der Waals surface area contributed by atoms with Crippen LogP contribution in [0.2, 0.25) is 5.02 Å². The Bertz CT molecular complexity index is 330. The van der Waals surface area contributed by atoms with E-state index in [2.05, 4.69) is 33.2 Å². The fourth-order valence-corrected chi connectivity index (χ4v) is 1.79. The van der Waals surface area contributed by atoms with Gasteiger partial charge in [-0.05, 0) is 53.0 Å². The van der Waals surface area contributed by atoms with Crippen LogP contribution in [0.25, 0.3) is 0 Å². The van der Waals surface area contributed by atoms with Gasteiger partial charge in [-0.15, -0.1) is 0 Å². The van der Waals surface area contributed by atoms with E-state index in [4.69, 9.17) is 23.8 Å². The molecule has 70 valence electrons. The molecule has 0 aliphatic carbocycles. The van der Waals surface area contributed by atoms with Crippen molar-refractivity contribution >= 4 is 57.2 Å². The quantitative estimate of drug-likeness (QED) is 0.613. The third-order valence-corrected chi connectivity index (χ3v) is 2.70. The van der Waals surface area contributed by atoms with E-state index in [0.29, 0.717) is 10.1 Å². The number of nitrogens with one attached hydrogen (secondary N) is 2. The second-order valence-electron chi connectivity index (χ2n) is 2.33. The largest absolute Gasteiger partial charge is 0.366 e. The topological polar surface area (TPSA) is 24.1 Å². The van der Waals surface area contributed by atoms with Crippen molar-refractivity contribution in [3.8, 4) is 0 Å². The van der Waals surface area contributed by atoms with Crippen molar-refractivity contribution in [2.75, 3.05) is 12.4 Å². The SMILES string of the molecule is CNC(=S)Nc1ccc(I)cc1Cl. The van der Waals surface area contributed by atoms with Gasteiger partial charge in [0.25, 0.3) is 0 Å². The number of halogens is 2. The summed E-state index contributed by atoms with van der Waals surface area (Å²) in [6.07, 6.45) is 0. The fraction of sp³-hybridized carbons (Fsp3) is 0.125. The molecule has 0 aliphatic rings. The molecule has 0 saturated heterocycles. The van der Waals surface area contributed by atoms with E-state index in [1.54, 1.807) is 7.05 Å². The highest BCUT2D eigenvalue weighted by molar-refractivity contribution is 14.1. The Hall–Kier alpha value is -0.0700. The van der Waals surface area contributed by atoms with Crippen molar-refractivity contribution in [2.24, 2.45) is 0 Å². The number of rotatable bonds is 1. The molecule has 0 radical (unpaired) electrons. The zero-order valence-electron chi connectivity index (χ0n) is 6.90. The number of hydrogen-bond acceptors (Lipinski definition) is 1. The van der Waals surface area contributed by atoms with Gasteiger partial charge in [0.2, 0.25) is 0 Å². The molecule has 0 aromatic heterocycles. The van der Waals surface area contributed by atoms with Gasteiger partial charge < -0.3 is 10.6 Å². The minimum absolute atomic E-state index is 0.558. The summed E-state index contributed by atoms with van der Waals surface area (Å²) in [5.41, 5.74) is 0.821. The van der Waals surface area contributed by atoms with E-state index in [1.807, 2.05) is 18.2 Å². The molecule has 0 aliphatic heterocycles. The predicted octanol–water partition coefficient (Wildman–Crippen LogP) is 2.86. The van der Waals surface area contributed by atoms with Gasteiger partial charge in [-0.1, -0.05) is 11.6 Å². The smallest absolute Gasteiger partial charge is 0.170 e. The lowest BCUT2D eigenvalue weighted by Gasteiger charge is -2.08. The van der Waals surface area contributed by atoms with Crippen LogP contribution in [0.15, 0.2) is 18.2 Å². The van der Waals surface area contributed by atoms with Gasteiger partial charge in [0, 0.05) is 10.6 Å². The molecular weight excluding hydrogens is 319 g/mol. The van der Waals surface area contributed by atoms with Crippen molar-refractivity contribution in [1.29, 1.82) is 0 Å². The van der Waals surface area contributed by atoms with Gasteiger partial charge in [-0.25, -0.2) is 0 Å². The van der Waals surface area contributed by atoms with E-state index in [9.17, 15) is 0 Å². The first-order valence-corrected chi connectivity index (χ1v) is 5.44. The molecule has 1 aromatic carbocycles. The van der Waals surface area contributed by atoms with Crippen LogP contribution in [0.3, 0.4) is 0 Å². The molecule has 0 unspecified atom stereocenters. The predicted molar refractivity (Wildman–Crippen MR) is 69.4 cm³/mol. The van der Waals surface area contributed by atoms with Gasteiger partial charge in [0.1, 0.15) is 0 Å². The lowest BCUT2D eigenvalue weighted by atomic mass is 10.3. The van der Waals surface area contributed by atoms with Crippen molar-refractivity contribution < 1.29 is 0 Å². The Morgan fingerprint density at radius 1 is 1.54 bits per heavy atom. The van der Waals surface area contributed by atoms with E-state index in [1.165, 1.54) is 0 Å². The Morgan fingerprint density at radius 3 is 2.77 bits per heavy atom. The van der Waals surface area contributed by atoms with Crippen molar-refractivity contribution in [3.05, 3.63) is 26.8 Å². The average Bonchev–Trinajstić information content (AvgIpc) is 2.09. The summed E-state index contributed by atoms with van der Waals surface area (Å²) in [6.45, 7) is 0. The highest BCUT2D eigenvalue weighted by atomic mass is 127. The molecule has 0 saturated carbocycles. The molecule has 0 fully saturated rings. The number of hydrogen-bond donors (Lipinski definition) is 2. The van der Waals surface area contributed by atoms with E-state index >= 15 is 0 Å². The van der Waals surface area contributed by atoms with Crippen LogP contribution < -0.4 is 10.6 Å². The van der Waals surface area contributed by atoms with E-state index in [0.717, 1.165) is 9.26 Å². The second kappa shape index (κ2) is 4.97. The lowest BCUT2D eigenvalue weighted by Crippen LogP contribution is -2.24. The maximum atomic E-state index is 5.98. The molecular formula is C8H8ClIN2S.